The molecular formula is C19H36NO6P. The number of hydrogen-bond acceptors (Lipinski definition) is 5. The van der Waals surface area contributed by atoms with Gasteiger partial charge >= 0.3 is 12.1 Å². The van der Waals surface area contributed by atoms with Crippen molar-refractivity contribution in [1.29, 1.82) is 0 Å². The van der Waals surface area contributed by atoms with Gasteiger partial charge in [-0.25, -0.2) is 4.79 Å². The van der Waals surface area contributed by atoms with Gasteiger partial charge in [-0.05, 0) is 45.4 Å². The third-order valence-corrected chi connectivity index (χ3v) is 6.12. The van der Waals surface area contributed by atoms with Crippen molar-refractivity contribution in [2.45, 2.75) is 78.4 Å². The topological polar surface area (TPSA) is 102 Å². The first-order valence-electron chi connectivity index (χ1n) is 9.87. The number of alkyl carbamates (subject to hydrolysis) is 1. The van der Waals surface area contributed by atoms with Crippen LogP contribution in [-0.2, 0) is 18.6 Å². The minimum atomic E-state index is -2.50. The van der Waals surface area contributed by atoms with Crippen LogP contribution < -0.4 is 5.32 Å². The smallest absolute Gasteiger partial charge is 0.407 e. The number of ether oxygens (including phenoxy) is 1. The molecule has 1 fully saturated rings. The number of carboxylic acid groups (broad SMARTS) is 1. The van der Waals surface area contributed by atoms with Crippen molar-refractivity contribution in [2.75, 3.05) is 12.8 Å². The lowest BCUT2D eigenvalue weighted by Gasteiger charge is -2.31. The number of carbonyl (C=O) groups excluding carboxylic acids is 1. The summed E-state index contributed by atoms with van der Waals surface area (Å²) >= 11 is 0. The molecule has 0 aromatic carbocycles. The van der Waals surface area contributed by atoms with Gasteiger partial charge in [0.25, 0.3) is 0 Å². The minimum Gasteiger partial charge on any atom is -0.481 e. The first-order chi connectivity index (χ1) is 12.5. The van der Waals surface area contributed by atoms with E-state index in [0.717, 1.165) is 25.7 Å². The van der Waals surface area contributed by atoms with Crippen LogP contribution in [-0.4, -0.2) is 41.6 Å². The van der Waals surface area contributed by atoms with Gasteiger partial charge in [0.15, 0.2) is 8.03 Å². The maximum absolute atomic E-state index is 12.3. The Bertz CT molecular complexity index is 511. The zero-order valence-corrected chi connectivity index (χ0v) is 18.2. The average Bonchev–Trinajstić information content (AvgIpc) is 2.55. The molecule has 8 heteroatoms. The zero-order valence-electron chi connectivity index (χ0n) is 17.2. The van der Waals surface area contributed by atoms with Crippen LogP contribution in [0.2, 0.25) is 0 Å². The summed E-state index contributed by atoms with van der Waals surface area (Å²) in [4.78, 5) is 23.5. The summed E-state index contributed by atoms with van der Waals surface area (Å²) < 4.78 is 23.2. The van der Waals surface area contributed by atoms with Crippen molar-refractivity contribution in [3.8, 4) is 0 Å². The molecule has 1 aliphatic carbocycles. The van der Waals surface area contributed by atoms with Crippen molar-refractivity contribution >= 4 is 20.1 Å². The average molecular weight is 405 g/mol. The van der Waals surface area contributed by atoms with Crippen molar-refractivity contribution in [3.05, 3.63) is 0 Å². The molecule has 1 aliphatic rings. The van der Waals surface area contributed by atoms with Crippen LogP contribution in [0.5, 0.6) is 0 Å². The highest BCUT2D eigenvalue weighted by Gasteiger charge is 2.29. The second-order valence-electron chi connectivity index (χ2n) is 8.73. The van der Waals surface area contributed by atoms with Crippen LogP contribution in [0.4, 0.5) is 4.79 Å². The number of carbonyl (C=O) groups is 2. The van der Waals surface area contributed by atoms with E-state index in [0.29, 0.717) is 0 Å². The fourth-order valence-corrected chi connectivity index (χ4v) is 4.81. The molecule has 0 heterocycles. The third kappa shape index (κ3) is 9.61. The van der Waals surface area contributed by atoms with E-state index >= 15 is 0 Å². The largest absolute Gasteiger partial charge is 0.481 e. The van der Waals surface area contributed by atoms with Gasteiger partial charge in [0, 0.05) is 6.16 Å². The maximum atomic E-state index is 12.3. The minimum absolute atomic E-state index is 0.0154. The van der Waals surface area contributed by atoms with Crippen LogP contribution in [0.3, 0.4) is 0 Å². The number of amides is 1. The molecule has 0 spiro atoms. The van der Waals surface area contributed by atoms with Crippen LogP contribution in [0.25, 0.3) is 0 Å². The summed E-state index contributed by atoms with van der Waals surface area (Å²) in [5, 5.41) is 12.1. The molecule has 3 atom stereocenters. The maximum Gasteiger partial charge on any atom is 0.407 e. The van der Waals surface area contributed by atoms with Gasteiger partial charge in [-0.1, -0.05) is 33.1 Å². The molecule has 0 aromatic heterocycles. The first kappa shape index (κ1) is 24.0. The molecule has 0 bridgehead atoms. The van der Waals surface area contributed by atoms with E-state index in [1.807, 2.05) is 0 Å². The van der Waals surface area contributed by atoms with E-state index in [1.54, 1.807) is 34.6 Å². The van der Waals surface area contributed by atoms with E-state index in [4.69, 9.17) is 9.26 Å². The number of nitrogens with one attached hydrogen (secondary N) is 1. The van der Waals surface area contributed by atoms with Gasteiger partial charge in [-0.15, -0.1) is 0 Å². The molecular weight excluding hydrogens is 369 g/mol. The zero-order chi connectivity index (χ0) is 20.6. The molecule has 0 radical (unpaired) electrons. The van der Waals surface area contributed by atoms with Gasteiger partial charge in [-0.3, -0.25) is 9.36 Å². The lowest BCUT2D eigenvalue weighted by molar-refractivity contribution is -0.142. The number of carboxylic acids is 1. The third-order valence-electron chi connectivity index (χ3n) is 4.85. The van der Waals surface area contributed by atoms with Gasteiger partial charge in [0.2, 0.25) is 0 Å². The van der Waals surface area contributed by atoms with E-state index in [9.17, 15) is 19.3 Å². The van der Waals surface area contributed by atoms with E-state index < -0.39 is 31.6 Å². The molecule has 0 aliphatic heterocycles. The molecule has 3 unspecified atom stereocenters. The Morgan fingerprint density at radius 1 is 1.19 bits per heavy atom. The van der Waals surface area contributed by atoms with E-state index in [2.05, 4.69) is 5.32 Å². The predicted octanol–water partition coefficient (Wildman–Crippen LogP) is 4.31. The fourth-order valence-electron chi connectivity index (χ4n) is 3.32. The van der Waals surface area contributed by atoms with E-state index in [-0.39, 0.29) is 30.6 Å². The van der Waals surface area contributed by atoms with Crippen molar-refractivity contribution in [2.24, 2.45) is 17.8 Å². The van der Waals surface area contributed by atoms with E-state index in [1.165, 1.54) is 6.42 Å². The highest BCUT2D eigenvalue weighted by molar-refractivity contribution is 7.39. The predicted molar refractivity (Wildman–Crippen MR) is 106 cm³/mol. The Morgan fingerprint density at radius 2 is 1.78 bits per heavy atom. The number of aliphatic carboxylic acids is 1. The summed E-state index contributed by atoms with van der Waals surface area (Å²) in [6.07, 6.45) is 4.85. The summed E-state index contributed by atoms with van der Waals surface area (Å²) in [7, 11) is -2.50. The first-order valence-corrected chi connectivity index (χ1v) is 11.4. The Kier molecular flexibility index (Phi) is 9.82. The Hall–Kier alpha value is -1.07. The van der Waals surface area contributed by atoms with Crippen LogP contribution in [0, 0.1) is 17.8 Å². The molecule has 0 saturated heterocycles. The quantitative estimate of drug-likeness (QED) is 0.554. The molecule has 2 N–H and O–H groups in total. The van der Waals surface area contributed by atoms with Gasteiger partial charge in [0.1, 0.15) is 5.60 Å². The van der Waals surface area contributed by atoms with Crippen molar-refractivity contribution in [1.82, 2.24) is 5.32 Å². The molecule has 27 heavy (non-hydrogen) atoms. The standard InChI is InChI=1S/C19H36NO6P/c1-13(2)15(17(21)22)12-27(24)25-11-16(14-9-7-6-8-10-14)20-18(23)26-19(3,4)5/h13-16,27H,6-12H2,1-5H3,(H,20,23)(H,21,22). The second-order valence-corrected chi connectivity index (χ2v) is 10.2. The normalized spacial score (nSPS) is 19.3. The van der Waals surface area contributed by atoms with Crippen LogP contribution in [0.1, 0.15) is 66.7 Å². The fraction of sp³-hybridized carbons (Fsp3) is 0.895. The van der Waals surface area contributed by atoms with Gasteiger partial charge in [-0.2, -0.15) is 0 Å². The van der Waals surface area contributed by atoms with Crippen LogP contribution in [0.15, 0.2) is 0 Å². The van der Waals surface area contributed by atoms with Crippen molar-refractivity contribution < 1.29 is 28.5 Å². The summed E-state index contributed by atoms with van der Waals surface area (Å²) in [6, 6.07) is -0.281. The Labute approximate surface area is 163 Å². The summed E-state index contributed by atoms with van der Waals surface area (Å²) in [6.45, 7) is 9.11. The van der Waals surface area contributed by atoms with Gasteiger partial charge in [0.05, 0.1) is 18.6 Å². The summed E-state index contributed by atoms with van der Waals surface area (Å²) in [5.74, 6) is -1.51. The lowest BCUT2D eigenvalue weighted by atomic mass is 9.84. The van der Waals surface area contributed by atoms with Crippen molar-refractivity contribution in [3.63, 3.8) is 0 Å². The number of hydrogen-bond donors (Lipinski definition) is 2. The van der Waals surface area contributed by atoms with Crippen LogP contribution >= 0.6 is 8.03 Å². The monoisotopic (exact) mass is 405 g/mol. The highest BCUT2D eigenvalue weighted by atomic mass is 31.1. The van der Waals surface area contributed by atoms with Gasteiger partial charge < -0.3 is 19.7 Å². The lowest BCUT2D eigenvalue weighted by Crippen LogP contribution is -2.46. The second kappa shape index (κ2) is 11.1. The SMILES string of the molecule is CC(C)C(C[PH](=O)OCC(NC(=O)OC(C)(C)C)C1CCCCC1)C(=O)O. The molecule has 0 aromatic rings. The number of rotatable bonds is 9. The molecule has 1 saturated carbocycles. The molecule has 1 amide bonds. The molecule has 7 nitrogen and oxygen atoms in total. The molecule has 158 valence electrons. The summed E-state index contributed by atoms with van der Waals surface area (Å²) in [5.41, 5.74) is -0.596. The Balaban J connectivity index is 2.66. The Morgan fingerprint density at radius 3 is 2.26 bits per heavy atom. The highest BCUT2D eigenvalue weighted by Crippen LogP contribution is 2.32. The molecule has 1 rings (SSSR count).